The lowest BCUT2D eigenvalue weighted by Gasteiger charge is -2.19. The monoisotopic (exact) mass is 275 g/mol. The van der Waals surface area contributed by atoms with Gasteiger partial charge in [0.05, 0.1) is 13.8 Å². The van der Waals surface area contributed by atoms with Crippen molar-refractivity contribution in [2.45, 2.75) is 50.9 Å². The van der Waals surface area contributed by atoms with Crippen LogP contribution in [0.5, 0.6) is 0 Å². The van der Waals surface area contributed by atoms with E-state index in [1.165, 1.54) is 37.4 Å². The van der Waals surface area contributed by atoms with Crippen molar-refractivity contribution in [2.75, 3.05) is 6.61 Å². The molecule has 3 heteroatoms. The Morgan fingerprint density at radius 1 is 1.21 bits per heavy atom. The van der Waals surface area contributed by atoms with Crippen molar-refractivity contribution < 1.29 is 4.84 Å². The average Bonchev–Trinajstić information content (AvgIpc) is 2.86. The number of hydrogen-bond donors (Lipinski definition) is 0. The van der Waals surface area contributed by atoms with E-state index in [1.807, 2.05) is 25.1 Å². The molecule has 0 unspecified atom stereocenters. The van der Waals surface area contributed by atoms with Crippen LogP contribution in [0.1, 0.15) is 31.7 Å². The summed E-state index contributed by atoms with van der Waals surface area (Å²) in [5, 5.41) is 4.21. The van der Waals surface area contributed by atoms with E-state index in [1.54, 1.807) is 0 Å². The molecule has 2 nitrogen and oxygen atoms in total. The molecular formula is C16H25NOSi. The minimum absolute atomic E-state index is 0.771. The Balaban J connectivity index is 1.69. The van der Waals surface area contributed by atoms with Crippen molar-refractivity contribution >= 4 is 13.8 Å². The van der Waals surface area contributed by atoms with E-state index in [9.17, 15) is 0 Å². The van der Waals surface area contributed by atoms with Gasteiger partial charge in [-0.1, -0.05) is 73.0 Å². The summed E-state index contributed by atoms with van der Waals surface area (Å²) in [7, 11) is -0.856. The molecule has 0 amide bonds. The van der Waals surface area contributed by atoms with Crippen LogP contribution in [0.15, 0.2) is 35.5 Å². The molecule has 1 aliphatic heterocycles. The molecule has 0 aromatic heterocycles. The number of hydrogen-bond acceptors (Lipinski definition) is 2. The molecule has 1 fully saturated rings. The van der Waals surface area contributed by atoms with Crippen molar-refractivity contribution in [3.8, 4) is 0 Å². The first-order chi connectivity index (χ1) is 9.20. The van der Waals surface area contributed by atoms with E-state index in [2.05, 4.69) is 23.8 Å². The first-order valence-corrected chi connectivity index (χ1v) is 10.5. The fourth-order valence-electron chi connectivity index (χ4n) is 2.92. The first-order valence-electron chi connectivity index (χ1n) is 7.42. The Labute approximate surface area is 117 Å². The summed E-state index contributed by atoms with van der Waals surface area (Å²) in [5.74, 6) is 0. The van der Waals surface area contributed by atoms with Crippen molar-refractivity contribution in [2.24, 2.45) is 5.16 Å². The second-order valence-electron chi connectivity index (χ2n) is 6.00. The third-order valence-electron chi connectivity index (χ3n) is 4.22. The van der Waals surface area contributed by atoms with Crippen LogP contribution in [0, 0.1) is 0 Å². The van der Waals surface area contributed by atoms with Crippen molar-refractivity contribution in [1.29, 1.82) is 0 Å². The zero-order chi connectivity index (χ0) is 13.6. The first kappa shape index (κ1) is 14.3. The quantitative estimate of drug-likeness (QED) is 0.319. The molecule has 1 saturated heterocycles. The molecule has 1 heterocycles. The highest BCUT2D eigenvalue weighted by atomic mass is 28.3. The molecule has 1 aliphatic rings. The minimum Gasteiger partial charge on any atom is -0.396 e. The largest absolute Gasteiger partial charge is 0.396 e. The summed E-state index contributed by atoms with van der Waals surface area (Å²) in [6.45, 7) is 5.33. The second-order valence-corrected chi connectivity index (χ2v) is 11.1. The van der Waals surface area contributed by atoms with Crippen LogP contribution in [0.4, 0.5) is 0 Å². The van der Waals surface area contributed by atoms with Gasteiger partial charge in [-0.15, -0.1) is 0 Å². The van der Waals surface area contributed by atoms with Gasteiger partial charge in [0, 0.05) is 0 Å². The molecule has 0 N–H and O–H groups in total. The molecule has 19 heavy (non-hydrogen) atoms. The summed E-state index contributed by atoms with van der Waals surface area (Å²) < 4.78 is 0. The SMILES string of the molecule is C/C(=N\OCCC[Si]1(C)CCCC1)c1ccccc1. The van der Waals surface area contributed by atoms with Gasteiger partial charge in [0.15, 0.2) is 0 Å². The summed E-state index contributed by atoms with van der Waals surface area (Å²) in [6, 6.07) is 14.7. The number of nitrogens with zero attached hydrogens (tertiary/aromatic N) is 1. The Bertz CT molecular complexity index is 410. The predicted molar refractivity (Wildman–Crippen MR) is 84.5 cm³/mol. The van der Waals surface area contributed by atoms with Gasteiger partial charge in [-0.2, -0.15) is 0 Å². The fraction of sp³-hybridized carbons (Fsp3) is 0.562. The van der Waals surface area contributed by atoms with Crippen LogP contribution in [0.2, 0.25) is 24.7 Å². The van der Waals surface area contributed by atoms with Crippen molar-refractivity contribution in [1.82, 2.24) is 0 Å². The topological polar surface area (TPSA) is 21.6 Å². The molecule has 0 aliphatic carbocycles. The summed E-state index contributed by atoms with van der Waals surface area (Å²) in [5.41, 5.74) is 2.10. The van der Waals surface area contributed by atoms with Gasteiger partial charge >= 0.3 is 0 Å². The maximum atomic E-state index is 5.46. The Kier molecular flexibility index (Phi) is 5.20. The zero-order valence-corrected chi connectivity index (χ0v) is 13.2. The zero-order valence-electron chi connectivity index (χ0n) is 12.2. The van der Waals surface area contributed by atoms with Gasteiger partial charge in [0.25, 0.3) is 0 Å². The molecule has 0 bridgehead atoms. The summed E-state index contributed by atoms with van der Waals surface area (Å²) in [6.07, 6.45) is 4.11. The van der Waals surface area contributed by atoms with Gasteiger partial charge < -0.3 is 4.84 Å². The van der Waals surface area contributed by atoms with Gasteiger partial charge in [-0.3, -0.25) is 0 Å². The van der Waals surface area contributed by atoms with Crippen LogP contribution in [0.3, 0.4) is 0 Å². The molecule has 0 saturated carbocycles. The Hall–Kier alpha value is -1.09. The Morgan fingerprint density at radius 3 is 2.58 bits per heavy atom. The highest BCUT2D eigenvalue weighted by Gasteiger charge is 2.29. The Morgan fingerprint density at radius 2 is 1.89 bits per heavy atom. The van der Waals surface area contributed by atoms with E-state index >= 15 is 0 Å². The highest BCUT2D eigenvalue weighted by Crippen LogP contribution is 2.33. The second kappa shape index (κ2) is 6.90. The van der Waals surface area contributed by atoms with Gasteiger partial charge in [0.1, 0.15) is 6.61 Å². The molecule has 104 valence electrons. The van der Waals surface area contributed by atoms with Gasteiger partial charge in [-0.25, -0.2) is 0 Å². The van der Waals surface area contributed by atoms with E-state index < -0.39 is 8.07 Å². The summed E-state index contributed by atoms with van der Waals surface area (Å²) in [4.78, 5) is 5.46. The number of rotatable bonds is 6. The maximum Gasteiger partial charge on any atom is 0.116 e. The number of oxime groups is 1. The summed E-state index contributed by atoms with van der Waals surface area (Å²) >= 11 is 0. The fourth-order valence-corrected chi connectivity index (χ4v) is 6.87. The molecule has 0 spiro atoms. The molecule has 0 radical (unpaired) electrons. The van der Waals surface area contributed by atoms with Crippen molar-refractivity contribution in [3.05, 3.63) is 35.9 Å². The highest BCUT2D eigenvalue weighted by molar-refractivity contribution is 6.79. The average molecular weight is 275 g/mol. The van der Waals surface area contributed by atoms with E-state index in [4.69, 9.17) is 4.84 Å². The molecule has 0 atom stereocenters. The van der Waals surface area contributed by atoms with E-state index in [0.717, 1.165) is 17.9 Å². The van der Waals surface area contributed by atoms with Crippen LogP contribution in [0.25, 0.3) is 0 Å². The molecule has 2 rings (SSSR count). The van der Waals surface area contributed by atoms with Crippen LogP contribution in [-0.2, 0) is 4.84 Å². The van der Waals surface area contributed by atoms with Crippen molar-refractivity contribution in [3.63, 3.8) is 0 Å². The minimum atomic E-state index is -0.856. The van der Waals surface area contributed by atoms with E-state index in [0.29, 0.717) is 0 Å². The lowest BCUT2D eigenvalue weighted by Crippen LogP contribution is -2.24. The van der Waals surface area contributed by atoms with Crippen LogP contribution >= 0.6 is 0 Å². The maximum absolute atomic E-state index is 5.46. The predicted octanol–water partition coefficient (Wildman–Crippen LogP) is 4.69. The van der Waals surface area contributed by atoms with Gasteiger partial charge in [0.2, 0.25) is 0 Å². The third kappa shape index (κ3) is 4.50. The standard InChI is InChI=1S/C16H25NOSi/c1-15(16-9-4-3-5-10-16)17-18-11-8-14-19(2)12-6-7-13-19/h3-5,9-10H,6-8,11-14H2,1-2H3/b17-15+. The molecule has 1 aromatic rings. The lowest BCUT2D eigenvalue weighted by atomic mass is 10.1. The third-order valence-corrected chi connectivity index (χ3v) is 8.90. The molecule has 1 aromatic carbocycles. The molecular weight excluding hydrogens is 250 g/mol. The smallest absolute Gasteiger partial charge is 0.116 e. The van der Waals surface area contributed by atoms with E-state index in [-0.39, 0.29) is 0 Å². The number of benzene rings is 1. The van der Waals surface area contributed by atoms with Crippen LogP contribution in [-0.4, -0.2) is 20.4 Å². The normalized spacial score (nSPS) is 18.5. The van der Waals surface area contributed by atoms with Crippen LogP contribution < -0.4 is 0 Å². The van der Waals surface area contributed by atoms with Gasteiger partial charge in [-0.05, 0) is 18.9 Å². The lowest BCUT2D eigenvalue weighted by molar-refractivity contribution is 0.145.